The second-order valence-corrected chi connectivity index (χ2v) is 10.2. The number of anilines is 2. The van der Waals surface area contributed by atoms with Crippen LogP contribution in [0.4, 0.5) is 10.9 Å². The smallest absolute Gasteiger partial charge is 0.270 e. The number of carbonyl (C=O) groups is 1. The molecule has 36 heavy (non-hydrogen) atoms. The number of aromatic nitrogens is 2. The lowest BCUT2D eigenvalue weighted by atomic mass is 9.74. The van der Waals surface area contributed by atoms with Crippen LogP contribution in [0.3, 0.4) is 0 Å². The van der Waals surface area contributed by atoms with Gasteiger partial charge in [-0.25, -0.2) is 9.97 Å². The summed E-state index contributed by atoms with van der Waals surface area (Å²) in [5.41, 5.74) is 2.45. The average molecular weight is 503 g/mol. The van der Waals surface area contributed by atoms with E-state index >= 15 is 0 Å². The Bertz CT molecular complexity index is 1220. The number of amides is 1. The molecule has 3 aromatic rings. The Balaban J connectivity index is 1.23. The van der Waals surface area contributed by atoms with Gasteiger partial charge in [-0.1, -0.05) is 36.4 Å². The summed E-state index contributed by atoms with van der Waals surface area (Å²) in [6, 6.07) is 18.6. The maximum Gasteiger partial charge on any atom is 0.270 e. The Kier molecular flexibility index (Phi) is 7.56. The predicted molar refractivity (Wildman–Crippen MR) is 139 cm³/mol. The van der Waals surface area contributed by atoms with Gasteiger partial charge in [0.2, 0.25) is 0 Å². The van der Waals surface area contributed by atoms with Crippen LogP contribution in [0, 0.1) is 11.3 Å². The quantitative estimate of drug-likeness (QED) is 0.440. The fraction of sp³-hybridized carbons (Fsp3) is 0.407. The van der Waals surface area contributed by atoms with Gasteiger partial charge in [0.25, 0.3) is 5.91 Å². The zero-order valence-corrected chi connectivity index (χ0v) is 21.0. The summed E-state index contributed by atoms with van der Waals surface area (Å²) < 4.78 is 5.60. The van der Waals surface area contributed by atoms with E-state index in [1.54, 1.807) is 5.38 Å². The van der Waals surface area contributed by atoms with E-state index < -0.39 is 0 Å². The third kappa shape index (κ3) is 5.41. The van der Waals surface area contributed by atoms with Crippen LogP contribution in [0.25, 0.3) is 0 Å². The highest BCUT2D eigenvalue weighted by atomic mass is 32.1. The van der Waals surface area contributed by atoms with Crippen molar-refractivity contribution in [2.75, 3.05) is 38.2 Å². The fourth-order valence-electron chi connectivity index (χ4n) is 5.15. The van der Waals surface area contributed by atoms with Crippen molar-refractivity contribution in [2.45, 2.75) is 37.1 Å². The Morgan fingerprint density at radius 1 is 1.17 bits per heavy atom. The number of ether oxygens (including phenoxy) is 1. The minimum atomic E-state index is -0.180. The van der Waals surface area contributed by atoms with Crippen LogP contribution in [-0.4, -0.2) is 53.6 Å². The van der Waals surface area contributed by atoms with Gasteiger partial charge in [0, 0.05) is 30.6 Å². The molecule has 5 rings (SSSR count). The lowest BCUT2D eigenvalue weighted by Gasteiger charge is -2.37. The topological polar surface area (TPSA) is 103 Å². The van der Waals surface area contributed by atoms with Crippen LogP contribution in [-0.2, 0) is 10.2 Å². The molecule has 9 heteroatoms. The standard InChI is InChI=1S/C27H30N6O2S/c28-13-15-33-14-5-9-23(33)21-8-4-10-24(30-21)32-26-31-22(18-36-26)25(34)29-19-27(11-16-35-17-12-27)20-6-2-1-3-7-20/h1-4,6-8,10,18,23H,5,9,11-12,14-17,19H2,(H,29,34)(H,30,31,32). The summed E-state index contributed by atoms with van der Waals surface area (Å²) in [7, 11) is 0. The Hall–Kier alpha value is -3.32. The highest BCUT2D eigenvalue weighted by Gasteiger charge is 2.35. The molecule has 2 aromatic heterocycles. The summed E-state index contributed by atoms with van der Waals surface area (Å²) in [5, 5.41) is 17.9. The van der Waals surface area contributed by atoms with Crippen molar-refractivity contribution in [1.29, 1.82) is 5.26 Å². The Morgan fingerprint density at radius 2 is 2.00 bits per heavy atom. The van der Waals surface area contributed by atoms with Crippen molar-refractivity contribution in [1.82, 2.24) is 20.2 Å². The minimum Gasteiger partial charge on any atom is -0.381 e. The maximum absolute atomic E-state index is 13.0. The second kappa shape index (κ2) is 11.2. The summed E-state index contributed by atoms with van der Waals surface area (Å²) >= 11 is 1.38. The van der Waals surface area contributed by atoms with E-state index in [-0.39, 0.29) is 17.4 Å². The third-order valence-corrected chi connectivity index (χ3v) is 7.90. The molecule has 2 aliphatic heterocycles. The van der Waals surface area contributed by atoms with Crippen molar-refractivity contribution < 1.29 is 9.53 Å². The summed E-state index contributed by atoms with van der Waals surface area (Å²) in [5.74, 6) is 0.503. The van der Waals surface area contributed by atoms with Gasteiger partial charge in [-0.3, -0.25) is 9.69 Å². The molecule has 1 aromatic carbocycles. The molecule has 0 spiro atoms. The van der Waals surface area contributed by atoms with Gasteiger partial charge in [0.15, 0.2) is 5.13 Å². The zero-order chi connectivity index (χ0) is 24.8. The normalized spacial score (nSPS) is 19.5. The van der Waals surface area contributed by atoms with Crippen LogP contribution >= 0.6 is 11.3 Å². The molecule has 0 bridgehead atoms. The van der Waals surface area contributed by atoms with Gasteiger partial charge in [0.05, 0.1) is 24.3 Å². The van der Waals surface area contributed by atoms with Crippen molar-refractivity contribution >= 4 is 28.2 Å². The van der Waals surface area contributed by atoms with Gasteiger partial charge in [0.1, 0.15) is 11.5 Å². The van der Waals surface area contributed by atoms with E-state index in [9.17, 15) is 4.79 Å². The fourth-order valence-corrected chi connectivity index (χ4v) is 5.85. The van der Waals surface area contributed by atoms with Crippen LogP contribution in [0.2, 0.25) is 0 Å². The third-order valence-electron chi connectivity index (χ3n) is 7.14. The van der Waals surface area contributed by atoms with Gasteiger partial charge >= 0.3 is 0 Å². The van der Waals surface area contributed by atoms with E-state index in [0.29, 0.717) is 42.9 Å². The number of nitriles is 1. The molecule has 2 N–H and O–H groups in total. The number of likely N-dealkylation sites (tertiary alicyclic amines) is 1. The van der Waals surface area contributed by atoms with E-state index in [1.807, 2.05) is 36.4 Å². The molecule has 0 saturated carbocycles. The summed E-state index contributed by atoms with van der Waals surface area (Å²) in [4.78, 5) is 24.4. The maximum atomic E-state index is 13.0. The van der Waals surface area contributed by atoms with Crippen molar-refractivity contribution in [2.24, 2.45) is 0 Å². The SMILES string of the molecule is N#CCN1CCCC1c1cccc(Nc2nc(C(=O)NCC3(c4ccccc4)CCOCC3)cs2)n1. The number of nitrogens with one attached hydrogen (secondary N) is 2. The lowest BCUT2D eigenvalue weighted by molar-refractivity contribution is 0.0487. The number of carbonyl (C=O) groups excluding carboxylic acids is 1. The number of rotatable bonds is 8. The number of pyridine rings is 1. The molecule has 0 aliphatic carbocycles. The minimum absolute atomic E-state index is 0.129. The first-order valence-electron chi connectivity index (χ1n) is 12.4. The van der Waals surface area contributed by atoms with Crippen LogP contribution < -0.4 is 10.6 Å². The molecule has 2 fully saturated rings. The van der Waals surface area contributed by atoms with E-state index in [1.165, 1.54) is 16.9 Å². The van der Waals surface area contributed by atoms with Crippen LogP contribution in [0.1, 0.15) is 53.5 Å². The van der Waals surface area contributed by atoms with Gasteiger partial charge < -0.3 is 15.4 Å². The zero-order valence-electron chi connectivity index (χ0n) is 20.2. The first-order valence-corrected chi connectivity index (χ1v) is 13.3. The molecule has 1 unspecified atom stereocenters. The van der Waals surface area contributed by atoms with Gasteiger partial charge in [-0.15, -0.1) is 11.3 Å². The number of benzene rings is 1. The van der Waals surface area contributed by atoms with Crippen molar-refractivity contribution in [3.05, 3.63) is 70.9 Å². The molecular weight excluding hydrogens is 472 g/mol. The number of thiazole rings is 1. The predicted octanol–water partition coefficient (Wildman–Crippen LogP) is 4.42. The van der Waals surface area contributed by atoms with E-state index in [2.05, 4.69) is 38.7 Å². The summed E-state index contributed by atoms with van der Waals surface area (Å²) in [6.45, 7) is 3.26. The Morgan fingerprint density at radius 3 is 2.81 bits per heavy atom. The summed E-state index contributed by atoms with van der Waals surface area (Å²) in [6.07, 6.45) is 3.80. The first-order chi connectivity index (χ1) is 17.7. The molecule has 2 aliphatic rings. The highest BCUT2D eigenvalue weighted by molar-refractivity contribution is 7.14. The van der Waals surface area contributed by atoms with Crippen molar-refractivity contribution in [3.8, 4) is 6.07 Å². The average Bonchev–Trinajstić information content (AvgIpc) is 3.59. The molecular formula is C27H30N6O2S. The molecule has 8 nitrogen and oxygen atoms in total. The molecule has 186 valence electrons. The number of hydrogen-bond acceptors (Lipinski definition) is 8. The number of nitrogens with zero attached hydrogens (tertiary/aromatic N) is 4. The molecule has 1 atom stereocenters. The highest BCUT2D eigenvalue weighted by Crippen LogP contribution is 2.34. The van der Waals surface area contributed by atoms with Crippen molar-refractivity contribution in [3.63, 3.8) is 0 Å². The van der Waals surface area contributed by atoms with Crippen LogP contribution in [0.5, 0.6) is 0 Å². The lowest BCUT2D eigenvalue weighted by Crippen LogP contribution is -2.44. The molecule has 0 radical (unpaired) electrons. The molecule has 4 heterocycles. The monoisotopic (exact) mass is 502 g/mol. The Labute approximate surface area is 215 Å². The van der Waals surface area contributed by atoms with E-state index in [4.69, 9.17) is 15.0 Å². The van der Waals surface area contributed by atoms with Crippen LogP contribution in [0.15, 0.2) is 53.9 Å². The second-order valence-electron chi connectivity index (χ2n) is 9.34. The molecule has 2 saturated heterocycles. The largest absolute Gasteiger partial charge is 0.381 e. The van der Waals surface area contributed by atoms with Gasteiger partial charge in [-0.05, 0) is 49.9 Å². The van der Waals surface area contributed by atoms with E-state index in [0.717, 1.165) is 37.9 Å². The molecule has 1 amide bonds. The first kappa shape index (κ1) is 24.4. The number of hydrogen-bond donors (Lipinski definition) is 2. The van der Waals surface area contributed by atoms with Gasteiger partial charge in [-0.2, -0.15) is 5.26 Å².